The van der Waals surface area contributed by atoms with E-state index in [0.717, 1.165) is 17.1 Å². The average molecular weight is 142 g/mol. The molecule has 0 N–H and O–H groups in total. The van der Waals surface area contributed by atoms with E-state index in [1.54, 1.807) is 0 Å². The van der Waals surface area contributed by atoms with Crippen LogP contribution in [0.1, 0.15) is 32.1 Å². The van der Waals surface area contributed by atoms with E-state index in [2.05, 4.69) is 12.6 Å². The maximum absolute atomic E-state index is 4.61. The number of hydrogen-bond donors (Lipinski definition) is 1. The molecule has 1 unspecified atom stereocenters. The third-order valence-corrected chi connectivity index (χ3v) is 3.58. The minimum atomic E-state index is 0.777. The third kappa shape index (κ3) is 1.12. The van der Waals surface area contributed by atoms with Gasteiger partial charge in [-0.1, -0.05) is 6.42 Å². The van der Waals surface area contributed by atoms with Gasteiger partial charge in [0.25, 0.3) is 0 Å². The fourth-order valence-corrected chi connectivity index (χ4v) is 2.20. The molecule has 0 saturated heterocycles. The van der Waals surface area contributed by atoms with Crippen molar-refractivity contribution in [1.29, 1.82) is 0 Å². The van der Waals surface area contributed by atoms with Crippen molar-refractivity contribution in [3.63, 3.8) is 0 Å². The van der Waals surface area contributed by atoms with Gasteiger partial charge in [-0.25, -0.2) is 0 Å². The molecule has 0 heterocycles. The molecule has 1 heteroatoms. The molecule has 0 aromatic carbocycles. The maximum atomic E-state index is 4.61. The Labute approximate surface area is 62.4 Å². The van der Waals surface area contributed by atoms with Gasteiger partial charge in [-0.2, -0.15) is 12.6 Å². The minimum absolute atomic E-state index is 0.777. The standard InChI is InChI=1S/C8H14S/c9-8(7-4-5-7)6-2-1-3-6/h6-9H,1-5H2. The van der Waals surface area contributed by atoms with Gasteiger partial charge in [0.05, 0.1) is 0 Å². The van der Waals surface area contributed by atoms with E-state index in [-0.39, 0.29) is 0 Å². The highest BCUT2D eigenvalue weighted by molar-refractivity contribution is 7.81. The first kappa shape index (κ1) is 6.09. The second-order valence-electron chi connectivity index (χ2n) is 3.52. The van der Waals surface area contributed by atoms with Gasteiger partial charge in [0, 0.05) is 5.25 Å². The monoisotopic (exact) mass is 142 g/mol. The Bertz CT molecular complexity index is 103. The molecule has 52 valence electrons. The predicted octanol–water partition coefficient (Wildman–Crippen LogP) is 2.49. The van der Waals surface area contributed by atoms with Crippen molar-refractivity contribution in [2.24, 2.45) is 11.8 Å². The van der Waals surface area contributed by atoms with E-state index in [1.807, 2.05) is 0 Å². The SMILES string of the molecule is SC(C1CCC1)C1CC1. The van der Waals surface area contributed by atoms with Crippen LogP contribution in [0.15, 0.2) is 0 Å². The van der Waals surface area contributed by atoms with Crippen molar-refractivity contribution < 1.29 is 0 Å². The molecule has 0 aromatic heterocycles. The summed E-state index contributed by atoms with van der Waals surface area (Å²) in [5.41, 5.74) is 0. The summed E-state index contributed by atoms with van der Waals surface area (Å²) < 4.78 is 0. The summed E-state index contributed by atoms with van der Waals surface area (Å²) >= 11 is 4.61. The zero-order valence-corrected chi connectivity index (χ0v) is 6.61. The molecule has 0 aliphatic heterocycles. The van der Waals surface area contributed by atoms with Gasteiger partial charge in [-0.05, 0) is 37.5 Å². The first-order valence-corrected chi connectivity index (χ1v) is 4.57. The molecule has 0 nitrogen and oxygen atoms in total. The Hall–Kier alpha value is 0.350. The van der Waals surface area contributed by atoms with Crippen LogP contribution in [0.5, 0.6) is 0 Å². The van der Waals surface area contributed by atoms with E-state index in [4.69, 9.17) is 0 Å². The fourth-order valence-electron chi connectivity index (χ4n) is 1.60. The van der Waals surface area contributed by atoms with Crippen molar-refractivity contribution >= 4 is 12.6 Å². The van der Waals surface area contributed by atoms with Gasteiger partial charge in [-0.3, -0.25) is 0 Å². The van der Waals surface area contributed by atoms with Crippen molar-refractivity contribution in [3.05, 3.63) is 0 Å². The van der Waals surface area contributed by atoms with Gasteiger partial charge < -0.3 is 0 Å². The highest BCUT2D eigenvalue weighted by atomic mass is 32.1. The lowest BCUT2D eigenvalue weighted by Crippen LogP contribution is -2.23. The smallest absolute Gasteiger partial charge is 0.00733 e. The second-order valence-corrected chi connectivity index (χ2v) is 4.12. The molecule has 0 bridgehead atoms. The van der Waals surface area contributed by atoms with Crippen LogP contribution in [0.4, 0.5) is 0 Å². The topological polar surface area (TPSA) is 0 Å². The maximum Gasteiger partial charge on any atom is 0.00733 e. The lowest BCUT2D eigenvalue weighted by molar-refractivity contribution is 0.294. The second kappa shape index (κ2) is 2.19. The Morgan fingerprint density at radius 3 is 1.89 bits per heavy atom. The zero-order chi connectivity index (χ0) is 6.27. The number of rotatable bonds is 2. The quantitative estimate of drug-likeness (QED) is 0.563. The van der Waals surface area contributed by atoms with Crippen molar-refractivity contribution in [1.82, 2.24) is 0 Å². The van der Waals surface area contributed by atoms with E-state index < -0.39 is 0 Å². The Morgan fingerprint density at radius 2 is 1.56 bits per heavy atom. The Kier molecular flexibility index (Phi) is 1.48. The minimum Gasteiger partial charge on any atom is -0.175 e. The van der Waals surface area contributed by atoms with Gasteiger partial charge in [0.2, 0.25) is 0 Å². The summed E-state index contributed by atoms with van der Waals surface area (Å²) in [5, 5.41) is 0.777. The summed E-state index contributed by atoms with van der Waals surface area (Å²) in [6.45, 7) is 0. The van der Waals surface area contributed by atoms with Crippen molar-refractivity contribution in [2.45, 2.75) is 37.4 Å². The summed E-state index contributed by atoms with van der Waals surface area (Å²) in [4.78, 5) is 0. The van der Waals surface area contributed by atoms with Gasteiger partial charge in [0.1, 0.15) is 0 Å². The molecule has 0 amide bonds. The van der Waals surface area contributed by atoms with Crippen LogP contribution < -0.4 is 0 Å². The van der Waals surface area contributed by atoms with Gasteiger partial charge >= 0.3 is 0 Å². The van der Waals surface area contributed by atoms with Crippen LogP contribution in [0.2, 0.25) is 0 Å². The molecule has 0 aromatic rings. The highest BCUT2D eigenvalue weighted by Crippen LogP contribution is 2.44. The molecule has 1 atom stereocenters. The highest BCUT2D eigenvalue weighted by Gasteiger charge is 2.36. The van der Waals surface area contributed by atoms with Gasteiger partial charge in [0.15, 0.2) is 0 Å². The van der Waals surface area contributed by atoms with E-state index in [9.17, 15) is 0 Å². The predicted molar refractivity (Wildman–Crippen MR) is 42.8 cm³/mol. The molecule has 2 aliphatic carbocycles. The average Bonchev–Trinajstić information content (AvgIpc) is 2.37. The van der Waals surface area contributed by atoms with Crippen LogP contribution in [-0.4, -0.2) is 5.25 Å². The van der Waals surface area contributed by atoms with Crippen LogP contribution >= 0.6 is 12.6 Å². The molecule has 0 spiro atoms. The van der Waals surface area contributed by atoms with Gasteiger partial charge in [-0.15, -0.1) is 0 Å². The van der Waals surface area contributed by atoms with Crippen molar-refractivity contribution in [2.75, 3.05) is 0 Å². The summed E-state index contributed by atoms with van der Waals surface area (Å²) in [7, 11) is 0. The normalized spacial score (nSPS) is 31.7. The van der Waals surface area contributed by atoms with E-state index >= 15 is 0 Å². The summed E-state index contributed by atoms with van der Waals surface area (Å²) in [6.07, 6.45) is 7.32. The van der Waals surface area contributed by atoms with Crippen LogP contribution in [0.25, 0.3) is 0 Å². The van der Waals surface area contributed by atoms with Crippen molar-refractivity contribution in [3.8, 4) is 0 Å². The first-order valence-electron chi connectivity index (χ1n) is 4.06. The third-order valence-electron chi connectivity index (χ3n) is 2.74. The number of hydrogen-bond acceptors (Lipinski definition) is 1. The number of thiol groups is 1. The zero-order valence-electron chi connectivity index (χ0n) is 5.71. The Balaban J connectivity index is 1.81. The van der Waals surface area contributed by atoms with Crippen LogP contribution in [-0.2, 0) is 0 Å². The lowest BCUT2D eigenvalue weighted by Gasteiger charge is -2.30. The lowest BCUT2D eigenvalue weighted by atomic mass is 9.81. The molecule has 2 saturated carbocycles. The summed E-state index contributed by atoms with van der Waals surface area (Å²) in [5.74, 6) is 2.01. The molecule has 0 radical (unpaired) electrons. The molecular formula is C8H14S. The van der Waals surface area contributed by atoms with Crippen LogP contribution in [0, 0.1) is 11.8 Å². The molecule has 9 heavy (non-hydrogen) atoms. The molecule has 2 aliphatic rings. The fraction of sp³-hybridized carbons (Fsp3) is 1.00. The summed E-state index contributed by atoms with van der Waals surface area (Å²) in [6, 6.07) is 0. The molecule has 2 rings (SSSR count). The van der Waals surface area contributed by atoms with Crippen LogP contribution in [0.3, 0.4) is 0 Å². The first-order chi connectivity index (χ1) is 4.38. The van der Waals surface area contributed by atoms with E-state index in [0.29, 0.717) is 0 Å². The molecule has 2 fully saturated rings. The largest absolute Gasteiger partial charge is 0.175 e. The van der Waals surface area contributed by atoms with E-state index in [1.165, 1.54) is 32.1 Å². The Morgan fingerprint density at radius 1 is 1.00 bits per heavy atom. The molecular weight excluding hydrogens is 128 g/mol.